The van der Waals surface area contributed by atoms with Gasteiger partial charge in [-0.3, -0.25) is 0 Å². The first kappa shape index (κ1) is 9.48. The molecule has 0 spiro atoms. The Labute approximate surface area is 71.5 Å². The molecule has 1 rings (SSSR count). The molecule has 1 aliphatic carbocycles. The summed E-state index contributed by atoms with van der Waals surface area (Å²) in [6.07, 6.45) is 1.69. The summed E-state index contributed by atoms with van der Waals surface area (Å²) >= 11 is 0. The molecule has 0 bridgehead atoms. The molecule has 0 unspecified atom stereocenters. The molecule has 1 N–H and O–H groups in total. The van der Waals surface area contributed by atoms with Crippen molar-refractivity contribution in [2.45, 2.75) is 25.9 Å². The molecular formula is C8H14O4. The van der Waals surface area contributed by atoms with Gasteiger partial charge in [-0.2, -0.15) is 0 Å². The number of hydrogen-bond donors (Lipinski definition) is 1. The Morgan fingerprint density at radius 1 is 1.67 bits per heavy atom. The fourth-order valence-corrected chi connectivity index (χ4v) is 0.721. The van der Waals surface area contributed by atoms with Gasteiger partial charge in [0.1, 0.15) is 6.79 Å². The third-order valence-corrected chi connectivity index (χ3v) is 1.80. The molecule has 0 aliphatic heterocycles. The van der Waals surface area contributed by atoms with Crippen LogP contribution in [0.5, 0.6) is 0 Å². The summed E-state index contributed by atoms with van der Waals surface area (Å²) in [5, 5.41) is 8.42. The lowest BCUT2D eigenvalue weighted by Gasteiger charge is -2.08. The van der Waals surface area contributed by atoms with Crippen molar-refractivity contribution in [1.82, 2.24) is 0 Å². The highest BCUT2D eigenvalue weighted by atomic mass is 16.7. The fraction of sp³-hybridized carbons (Fsp3) is 0.875. The van der Waals surface area contributed by atoms with Crippen molar-refractivity contribution in [3.63, 3.8) is 0 Å². The van der Waals surface area contributed by atoms with E-state index >= 15 is 0 Å². The Bertz CT molecular complexity index is 153. The lowest BCUT2D eigenvalue weighted by atomic mass is 10.4. The highest BCUT2D eigenvalue weighted by Gasteiger charge is 2.21. The highest BCUT2D eigenvalue weighted by molar-refractivity contribution is 5.71. The molecule has 70 valence electrons. The van der Waals surface area contributed by atoms with E-state index in [0.29, 0.717) is 12.5 Å². The van der Waals surface area contributed by atoms with Gasteiger partial charge in [0, 0.05) is 0 Å². The quantitative estimate of drug-likeness (QED) is 0.479. The minimum Gasteiger partial charge on any atom is -0.479 e. The Morgan fingerprint density at radius 2 is 2.33 bits per heavy atom. The van der Waals surface area contributed by atoms with Gasteiger partial charge in [0.05, 0.1) is 6.61 Å². The van der Waals surface area contributed by atoms with Crippen LogP contribution >= 0.6 is 0 Å². The van der Waals surface area contributed by atoms with Crippen LogP contribution in [0.4, 0.5) is 0 Å². The summed E-state index contributed by atoms with van der Waals surface area (Å²) in [6.45, 7) is 2.28. The van der Waals surface area contributed by atoms with Crippen LogP contribution in [0.15, 0.2) is 0 Å². The average Bonchev–Trinajstić information content (AvgIpc) is 2.80. The zero-order valence-electron chi connectivity index (χ0n) is 7.16. The smallest absolute Gasteiger partial charge is 0.332 e. The second-order valence-corrected chi connectivity index (χ2v) is 3.08. The van der Waals surface area contributed by atoms with Crippen molar-refractivity contribution in [1.29, 1.82) is 0 Å². The number of aliphatic carboxylic acids is 1. The second kappa shape index (κ2) is 4.42. The second-order valence-electron chi connectivity index (χ2n) is 3.08. The van der Waals surface area contributed by atoms with Crippen LogP contribution < -0.4 is 0 Å². The Morgan fingerprint density at radius 3 is 2.83 bits per heavy atom. The molecule has 0 saturated heterocycles. The predicted octanol–water partition coefficient (Wildman–Crippen LogP) is 0.860. The first-order chi connectivity index (χ1) is 5.70. The molecule has 4 nitrogen and oxygen atoms in total. The number of carboxylic acid groups (broad SMARTS) is 1. The summed E-state index contributed by atoms with van der Waals surface area (Å²) in [4.78, 5) is 10.3. The maximum absolute atomic E-state index is 10.3. The number of ether oxygens (including phenoxy) is 2. The van der Waals surface area contributed by atoms with E-state index in [0.717, 1.165) is 0 Å². The maximum atomic E-state index is 10.3. The van der Waals surface area contributed by atoms with Gasteiger partial charge in [0.25, 0.3) is 0 Å². The van der Waals surface area contributed by atoms with Gasteiger partial charge in [-0.05, 0) is 25.7 Å². The average molecular weight is 174 g/mol. The van der Waals surface area contributed by atoms with Crippen molar-refractivity contribution < 1.29 is 19.4 Å². The van der Waals surface area contributed by atoms with Crippen LogP contribution in [0.1, 0.15) is 19.8 Å². The van der Waals surface area contributed by atoms with Crippen molar-refractivity contribution >= 4 is 5.97 Å². The minimum absolute atomic E-state index is 0.0873. The molecule has 1 atom stereocenters. The van der Waals surface area contributed by atoms with Crippen LogP contribution in [0, 0.1) is 5.92 Å². The van der Waals surface area contributed by atoms with E-state index in [2.05, 4.69) is 0 Å². The lowest BCUT2D eigenvalue weighted by Crippen LogP contribution is -2.21. The van der Waals surface area contributed by atoms with E-state index in [4.69, 9.17) is 14.6 Å². The summed E-state index contributed by atoms with van der Waals surface area (Å²) in [7, 11) is 0. The molecule has 0 radical (unpaired) electrons. The lowest BCUT2D eigenvalue weighted by molar-refractivity contribution is -0.159. The summed E-state index contributed by atoms with van der Waals surface area (Å²) < 4.78 is 9.95. The zero-order valence-corrected chi connectivity index (χ0v) is 7.16. The van der Waals surface area contributed by atoms with Gasteiger partial charge in [-0.25, -0.2) is 4.79 Å². The first-order valence-electron chi connectivity index (χ1n) is 4.12. The van der Waals surface area contributed by atoms with Gasteiger partial charge < -0.3 is 14.6 Å². The zero-order chi connectivity index (χ0) is 8.97. The summed E-state index contributed by atoms with van der Waals surface area (Å²) in [6, 6.07) is 0. The molecular weight excluding hydrogens is 160 g/mol. The Hall–Kier alpha value is -0.610. The summed E-state index contributed by atoms with van der Waals surface area (Å²) in [5.41, 5.74) is 0. The van der Waals surface area contributed by atoms with Crippen molar-refractivity contribution in [2.24, 2.45) is 5.92 Å². The molecule has 12 heavy (non-hydrogen) atoms. The third-order valence-electron chi connectivity index (χ3n) is 1.80. The van der Waals surface area contributed by atoms with E-state index in [1.54, 1.807) is 0 Å². The van der Waals surface area contributed by atoms with Gasteiger partial charge in [0.15, 0.2) is 6.10 Å². The van der Waals surface area contributed by atoms with Crippen LogP contribution in [-0.4, -0.2) is 30.6 Å². The van der Waals surface area contributed by atoms with E-state index in [-0.39, 0.29) is 6.79 Å². The van der Waals surface area contributed by atoms with Gasteiger partial charge in [-0.15, -0.1) is 0 Å². The molecule has 0 aromatic carbocycles. The van der Waals surface area contributed by atoms with Gasteiger partial charge in [-0.1, -0.05) is 0 Å². The number of rotatable bonds is 6. The number of hydrogen-bond acceptors (Lipinski definition) is 3. The van der Waals surface area contributed by atoms with Gasteiger partial charge in [0.2, 0.25) is 0 Å². The largest absolute Gasteiger partial charge is 0.479 e. The standard InChI is InChI=1S/C8H14O4/c1-6(8(9)10)12-5-11-4-7-2-3-7/h6-7H,2-5H2,1H3,(H,9,10)/t6-/m0/s1. The van der Waals surface area contributed by atoms with Crippen molar-refractivity contribution in [3.8, 4) is 0 Å². The molecule has 1 saturated carbocycles. The van der Waals surface area contributed by atoms with E-state index in [9.17, 15) is 4.79 Å². The van der Waals surface area contributed by atoms with Gasteiger partial charge >= 0.3 is 5.97 Å². The van der Waals surface area contributed by atoms with E-state index in [1.165, 1.54) is 19.8 Å². The number of carboxylic acids is 1. The minimum atomic E-state index is -0.954. The topological polar surface area (TPSA) is 55.8 Å². The molecule has 0 aromatic rings. The fourth-order valence-electron chi connectivity index (χ4n) is 0.721. The van der Waals surface area contributed by atoms with Crippen LogP contribution in [0.3, 0.4) is 0 Å². The maximum Gasteiger partial charge on any atom is 0.332 e. The highest BCUT2D eigenvalue weighted by Crippen LogP contribution is 2.28. The SMILES string of the molecule is C[C@H](OCOCC1CC1)C(=O)O. The van der Waals surface area contributed by atoms with Crippen molar-refractivity contribution in [3.05, 3.63) is 0 Å². The number of carbonyl (C=O) groups is 1. The molecule has 0 heterocycles. The predicted molar refractivity (Wildman–Crippen MR) is 41.7 cm³/mol. The monoisotopic (exact) mass is 174 g/mol. The van der Waals surface area contributed by atoms with Crippen LogP contribution in [-0.2, 0) is 14.3 Å². The third kappa shape index (κ3) is 3.69. The van der Waals surface area contributed by atoms with E-state index in [1.807, 2.05) is 0 Å². The molecule has 0 amide bonds. The van der Waals surface area contributed by atoms with Crippen molar-refractivity contribution in [2.75, 3.05) is 13.4 Å². The molecule has 1 fully saturated rings. The van der Waals surface area contributed by atoms with Crippen LogP contribution in [0.25, 0.3) is 0 Å². The Balaban J connectivity index is 1.89. The summed E-state index contributed by atoms with van der Waals surface area (Å²) in [5.74, 6) is -0.265. The first-order valence-corrected chi connectivity index (χ1v) is 4.12. The molecule has 4 heteroatoms. The molecule has 1 aliphatic rings. The van der Waals surface area contributed by atoms with E-state index < -0.39 is 12.1 Å². The molecule has 0 aromatic heterocycles. The van der Waals surface area contributed by atoms with Crippen LogP contribution in [0.2, 0.25) is 0 Å². The Kier molecular flexibility index (Phi) is 3.49. The normalized spacial score (nSPS) is 19.1.